The van der Waals surface area contributed by atoms with Gasteiger partial charge in [0, 0.05) is 6.54 Å². The Bertz CT molecular complexity index is 1170. The van der Waals surface area contributed by atoms with Gasteiger partial charge in [0.05, 0.1) is 16.5 Å². The van der Waals surface area contributed by atoms with Crippen LogP contribution in [0.1, 0.15) is 34.5 Å². The molecule has 0 fully saturated rings. The topological polar surface area (TPSA) is 102 Å². The Morgan fingerprint density at radius 1 is 0.906 bits per heavy atom. The van der Waals surface area contributed by atoms with E-state index in [4.69, 9.17) is 4.74 Å². The van der Waals surface area contributed by atoms with E-state index in [-0.39, 0.29) is 23.0 Å². The minimum Gasteiger partial charge on any atom is -0.452 e. The fourth-order valence-corrected chi connectivity index (χ4v) is 4.03. The average molecular weight is 453 g/mol. The van der Waals surface area contributed by atoms with Crippen molar-refractivity contribution < 1.29 is 22.7 Å². The molecule has 0 heterocycles. The van der Waals surface area contributed by atoms with E-state index in [0.717, 1.165) is 11.1 Å². The Kier molecular flexibility index (Phi) is 7.75. The third kappa shape index (κ3) is 6.50. The highest BCUT2D eigenvalue weighted by Gasteiger charge is 2.18. The Morgan fingerprint density at radius 2 is 1.56 bits per heavy atom. The molecule has 3 aromatic rings. The van der Waals surface area contributed by atoms with Gasteiger partial charge in [-0.1, -0.05) is 66.7 Å². The molecular weight excluding hydrogens is 428 g/mol. The van der Waals surface area contributed by atoms with E-state index in [1.807, 2.05) is 55.5 Å². The van der Waals surface area contributed by atoms with E-state index in [1.165, 1.54) is 24.3 Å². The molecule has 7 nitrogen and oxygen atoms in total. The predicted octanol–water partition coefficient (Wildman–Crippen LogP) is 3.20. The number of rotatable bonds is 9. The minimum absolute atomic E-state index is 0.0384. The first-order valence-corrected chi connectivity index (χ1v) is 11.5. The fraction of sp³-hybridized carbons (Fsp3) is 0.167. The molecule has 0 radical (unpaired) electrons. The number of hydrogen-bond acceptors (Lipinski definition) is 5. The number of sulfonamides is 1. The molecule has 32 heavy (non-hydrogen) atoms. The summed E-state index contributed by atoms with van der Waals surface area (Å²) < 4.78 is 32.7. The van der Waals surface area contributed by atoms with Gasteiger partial charge in [-0.05, 0) is 36.2 Å². The molecule has 0 aliphatic rings. The summed E-state index contributed by atoms with van der Waals surface area (Å²) in [6, 6.07) is 23.7. The van der Waals surface area contributed by atoms with Gasteiger partial charge in [-0.15, -0.1) is 0 Å². The van der Waals surface area contributed by atoms with Crippen LogP contribution < -0.4 is 10.0 Å². The van der Waals surface area contributed by atoms with E-state index in [0.29, 0.717) is 0 Å². The zero-order valence-corrected chi connectivity index (χ0v) is 18.3. The average Bonchev–Trinajstić information content (AvgIpc) is 2.82. The molecule has 1 atom stereocenters. The van der Waals surface area contributed by atoms with Crippen molar-refractivity contribution in [1.82, 2.24) is 10.0 Å². The van der Waals surface area contributed by atoms with Crippen LogP contribution in [0.4, 0.5) is 0 Å². The molecule has 0 saturated heterocycles. The molecule has 2 N–H and O–H groups in total. The quantitative estimate of drug-likeness (QED) is 0.486. The van der Waals surface area contributed by atoms with Gasteiger partial charge in [0.1, 0.15) is 0 Å². The van der Waals surface area contributed by atoms with Crippen molar-refractivity contribution in [2.45, 2.75) is 24.4 Å². The molecule has 0 aromatic heterocycles. The summed E-state index contributed by atoms with van der Waals surface area (Å²) in [6.45, 7) is 1.47. The zero-order valence-electron chi connectivity index (χ0n) is 17.5. The fourth-order valence-electron chi connectivity index (χ4n) is 2.97. The Morgan fingerprint density at radius 3 is 2.25 bits per heavy atom. The lowest BCUT2D eigenvalue weighted by Crippen LogP contribution is -2.31. The second-order valence-electron chi connectivity index (χ2n) is 7.11. The van der Waals surface area contributed by atoms with E-state index in [1.54, 1.807) is 12.1 Å². The summed E-state index contributed by atoms with van der Waals surface area (Å²) in [6.07, 6.45) is 0. The first-order valence-electron chi connectivity index (χ1n) is 10.0. The second kappa shape index (κ2) is 10.7. The second-order valence-corrected chi connectivity index (χ2v) is 8.88. The predicted molar refractivity (Wildman–Crippen MR) is 120 cm³/mol. The van der Waals surface area contributed by atoms with E-state index >= 15 is 0 Å². The molecule has 0 saturated carbocycles. The van der Waals surface area contributed by atoms with E-state index in [2.05, 4.69) is 10.0 Å². The first-order chi connectivity index (χ1) is 15.3. The lowest BCUT2D eigenvalue weighted by atomic mass is 10.1. The van der Waals surface area contributed by atoms with Gasteiger partial charge in [0.25, 0.3) is 5.91 Å². The summed E-state index contributed by atoms with van der Waals surface area (Å²) in [5.41, 5.74) is 1.77. The minimum atomic E-state index is -3.83. The van der Waals surface area contributed by atoms with Crippen LogP contribution >= 0.6 is 0 Å². The SMILES string of the molecule is C[C@H](NC(=O)COC(=O)c1cccc(S(=O)(=O)NCc2ccccc2)c1)c1ccccc1. The molecule has 0 bridgehead atoms. The van der Waals surface area contributed by atoms with Crippen molar-refractivity contribution in [1.29, 1.82) is 0 Å². The number of carbonyl (C=O) groups excluding carboxylic acids is 2. The maximum Gasteiger partial charge on any atom is 0.338 e. The van der Waals surface area contributed by atoms with Crippen LogP contribution in [0, 0.1) is 0 Å². The molecule has 166 valence electrons. The maximum atomic E-state index is 12.6. The van der Waals surface area contributed by atoms with Gasteiger partial charge in [-0.3, -0.25) is 4.79 Å². The molecule has 1 amide bonds. The highest BCUT2D eigenvalue weighted by atomic mass is 32.2. The van der Waals surface area contributed by atoms with Crippen molar-refractivity contribution >= 4 is 21.9 Å². The number of ether oxygens (including phenoxy) is 1. The van der Waals surface area contributed by atoms with Crippen LogP contribution in [0.25, 0.3) is 0 Å². The standard InChI is InChI=1S/C24H24N2O5S/c1-18(20-11-6-3-7-12-20)26-23(27)17-31-24(28)21-13-8-14-22(15-21)32(29,30)25-16-19-9-4-2-5-10-19/h2-15,18,25H,16-17H2,1H3,(H,26,27)/t18-/m0/s1. The monoisotopic (exact) mass is 452 g/mol. The summed E-state index contributed by atoms with van der Waals surface area (Å²) in [5.74, 6) is -1.24. The molecule has 0 aliphatic carbocycles. The smallest absolute Gasteiger partial charge is 0.338 e. The molecule has 0 spiro atoms. The number of nitrogens with one attached hydrogen (secondary N) is 2. The maximum absolute atomic E-state index is 12.6. The number of esters is 1. The van der Waals surface area contributed by atoms with Crippen molar-refractivity contribution in [3.8, 4) is 0 Å². The normalized spacial score (nSPS) is 12.0. The van der Waals surface area contributed by atoms with Crippen LogP contribution in [-0.2, 0) is 26.1 Å². The van der Waals surface area contributed by atoms with Crippen LogP contribution in [0.2, 0.25) is 0 Å². The summed E-state index contributed by atoms with van der Waals surface area (Å²) in [4.78, 5) is 24.4. The lowest BCUT2D eigenvalue weighted by molar-refractivity contribution is -0.124. The van der Waals surface area contributed by atoms with Gasteiger partial charge in [0.15, 0.2) is 6.61 Å². The van der Waals surface area contributed by atoms with Crippen molar-refractivity contribution in [2.75, 3.05) is 6.61 Å². The van der Waals surface area contributed by atoms with Crippen LogP contribution in [0.3, 0.4) is 0 Å². The van der Waals surface area contributed by atoms with Gasteiger partial charge in [-0.25, -0.2) is 17.9 Å². The number of benzene rings is 3. The van der Waals surface area contributed by atoms with Gasteiger partial charge >= 0.3 is 5.97 Å². The van der Waals surface area contributed by atoms with Gasteiger partial charge in [-0.2, -0.15) is 0 Å². The van der Waals surface area contributed by atoms with E-state index in [9.17, 15) is 18.0 Å². The molecule has 8 heteroatoms. The molecular formula is C24H24N2O5S. The van der Waals surface area contributed by atoms with Crippen molar-refractivity contribution in [2.24, 2.45) is 0 Å². The van der Waals surface area contributed by atoms with Crippen molar-refractivity contribution in [3.63, 3.8) is 0 Å². The van der Waals surface area contributed by atoms with Crippen molar-refractivity contribution in [3.05, 3.63) is 102 Å². The number of amides is 1. The van der Waals surface area contributed by atoms with Crippen LogP contribution in [0.15, 0.2) is 89.8 Å². The van der Waals surface area contributed by atoms with Gasteiger partial charge < -0.3 is 10.1 Å². The van der Waals surface area contributed by atoms with Crippen LogP contribution in [0.5, 0.6) is 0 Å². The number of carbonyl (C=O) groups is 2. The van der Waals surface area contributed by atoms with Crippen LogP contribution in [-0.4, -0.2) is 26.9 Å². The largest absolute Gasteiger partial charge is 0.452 e. The molecule has 3 aromatic carbocycles. The molecule has 0 aliphatic heterocycles. The molecule has 3 rings (SSSR count). The highest BCUT2D eigenvalue weighted by Crippen LogP contribution is 2.14. The third-order valence-corrected chi connectivity index (χ3v) is 6.10. The number of hydrogen-bond donors (Lipinski definition) is 2. The summed E-state index contributed by atoms with van der Waals surface area (Å²) in [7, 11) is -3.83. The first kappa shape index (κ1) is 23.2. The Hall–Kier alpha value is -3.49. The van der Waals surface area contributed by atoms with E-state index < -0.39 is 28.5 Å². The summed E-state index contributed by atoms with van der Waals surface area (Å²) in [5, 5.41) is 2.75. The lowest BCUT2D eigenvalue weighted by Gasteiger charge is -2.14. The third-order valence-electron chi connectivity index (χ3n) is 4.70. The highest BCUT2D eigenvalue weighted by molar-refractivity contribution is 7.89. The van der Waals surface area contributed by atoms with Gasteiger partial charge in [0.2, 0.25) is 10.0 Å². The Balaban J connectivity index is 1.57. The molecule has 0 unspecified atom stereocenters. The Labute approximate surface area is 187 Å². The summed E-state index contributed by atoms with van der Waals surface area (Å²) >= 11 is 0. The zero-order chi connectivity index (χ0) is 23.0.